The summed E-state index contributed by atoms with van der Waals surface area (Å²) in [6, 6.07) is 13.9. The minimum Gasteiger partial charge on any atom is -0.507 e. The van der Waals surface area contributed by atoms with Gasteiger partial charge in [-0.05, 0) is 91.5 Å². The molecule has 0 saturated heterocycles. The van der Waals surface area contributed by atoms with E-state index in [-0.39, 0.29) is 0 Å². The van der Waals surface area contributed by atoms with Crippen LogP contribution in [0.1, 0.15) is 49.7 Å². The van der Waals surface area contributed by atoms with Crippen LogP contribution in [0.4, 0.5) is 5.69 Å². The van der Waals surface area contributed by atoms with Crippen LogP contribution < -0.4 is 4.74 Å². The van der Waals surface area contributed by atoms with Gasteiger partial charge >= 0.3 is 0 Å². The van der Waals surface area contributed by atoms with Crippen LogP contribution in [-0.4, -0.2) is 18.4 Å². The Hall–Kier alpha value is -2.29. The first kappa shape index (κ1) is 16.9. The fourth-order valence-corrected chi connectivity index (χ4v) is 6.29. The number of rotatable bonds is 4. The minimum absolute atomic E-state index is 0.301. The Balaban J connectivity index is 1.46. The van der Waals surface area contributed by atoms with Crippen molar-refractivity contribution in [1.29, 1.82) is 0 Å². The number of phenolic OH excluding ortho intramolecular Hbond substituents is 1. The zero-order valence-corrected chi connectivity index (χ0v) is 15.9. The number of aliphatic imine (C=N–C) groups is 1. The van der Waals surface area contributed by atoms with Crippen LogP contribution in [0.2, 0.25) is 0 Å². The van der Waals surface area contributed by atoms with Gasteiger partial charge in [0.05, 0.1) is 12.8 Å². The second-order valence-electron chi connectivity index (χ2n) is 8.93. The van der Waals surface area contributed by atoms with Crippen LogP contribution in [-0.2, 0) is 5.41 Å². The van der Waals surface area contributed by atoms with Gasteiger partial charge < -0.3 is 9.84 Å². The van der Waals surface area contributed by atoms with Crippen molar-refractivity contribution in [3.05, 3.63) is 53.6 Å². The third kappa shape index (κ3) is 3.03. The van der Waals surface area contributed by atoms with Crippen molar-refractivity contribution in [2.75, 3.05) is 7.11 Å². The quantitative estimate of drug-likeness (QED) is 0.718. The second kappa shape index (κ2) is 6.40. The van der Waals surface area contributed by atoms with E-state index in [9.17, 15) is 5.11 Å². The predicted octanol–water partition coefficient (Wildman–Crippen LogP) is 5.62. The molecule has 0 aromatic heterocycles. The van der Waals surface area contributed by atoms with Crippen LogP contribution in [0, 0.1) is 17.8 Å². The monoisotopic (exact) mass is 361 g/mol. The molecular weight excluding hydrogens is 334 g/mol. The molecule has 6 rings (SSSR count). The molecule has 4 aliphatic rings. The molecule has 0 heterocycles. The fourth-order valence-electron chi connectivity index (χ4n) is 6.29. The van der Waals surface area contributed by atoms with E-state index >= 15 is 0 Å². The summed E-state index contributed by atoms with van der Waals surface area (Å²) in [5.41, 5.74) is 3.38. The molecule has 4 bridgehead atoms. The number of phenols is 1. The first-order valence-corrected chi connectivity index (χ1v) is 10.2. The molecule has 3 nitrogen and oxygen atoms in total. The SMILES string of the molecule is COc1cccc(N=Cc2cc(C34CC5CC(CC(C5)C3)C4)ccc2O)c1. The van der Waals surface area contributed by atoms with Crippen LogP contribution in [0.5, 0.6) is 11.5 Å². The normalized spacial score (nSPS) is 31.5. The van der Waals surface area contributed by atoms with Gasteiger partial charge in [-0.1, -0.05) is 12.1 Å². The Labute approximate surface area is 161 Å². The van der Waals surface area contributed by atoms with E-state index in [0.717, 1.165) is 34.8 Å². The Bertz CT molecular complexity index is 850. The van der Waals surface area contributed by atoms with E-state index in [0.29, 0.717) is 11.2 Å². The standard InChI is InChI=1S/C24H27NO2/c1-27-22-4-2-3-21(11-22)25-15-19-10-20(5-6-23(19)26)24-12-16-7-17(13-24)9-18(8-16)14-24/h2-6,10-11,15-18,26H,7-9,12-14H2,1H3. The number of methoxy groups -OCH3 is 1. The highest BCUT2D eigenvalue weighted by molar-refractivity contribution is 5.85. The average Bonchev–Trinajstić information content (AvgIpc) is 2.66. The zero-order valence-electron chi connectivity index (χ0n) is 15.9. The Kier molecular flexibility index (Phi) is 3.99. The van der Waals surface area contributed by atoms with E-state index in [1.807, 2.05) is 30.3 Å². The van der Waals surface area contributed by atoms with Gasteiger partial charge in [0.15, 0.2) is 0 Å². The average molecular weight is 361 g/mol. The van der Waals surface area contributed by atoms with Crippen molar-refractivity contribution in [3.8, 4) is 11.5 Å². The van der Waals surface area contributed by atoms with Crippen LogP contribution >= 0.6 is 0 Å². The van der Waals surface area contributed by atoms with Gasteiger partial charge in [-0.2, -0.15) is 0 Å². The number of nitrogens with zero attached hydrogens (tertiary/aromatic N) is 1. The van der Waals surface area contributed by atoms with E-state index in [2.05, 4.69) is 17.1 Å². The Morgan fingerprint density at radius 2 is 1.70 bits per heavy atom. The molecular formula is C24H27NO2. The van der Waals surface area contributed by atoms with Gasteiger partial charge in [0.1, 0.15) is 11.5 Å². The molecule has 0 aliphatic heterocycles. The summed E-state index contributed by atoms with van der Waals surface area (Å²) in [5.74, 6) is 3.84. The molecule has 4 saturated carbocycles. The number of hydrogen-bond donors (Lipinski definition) is 1. The summed E-state index contributed by atoms with van der Waals surface area (Å²) in [6.45, 7) is 0. The van der Waals surface area contributed by atoms with E-state index in [1.165, 1.54) is 44.1 Å². The highest BCUT2D eigenvalue weighted by Crippen LogP contribution is 2.60. The van der Waals surface area contributed by atoms with Crippen molar-refractivity contribution in [2.24, 2.45) is 22.7 Å². The first-order chi connectivity index (χ1) is 13.1. The molecule has 4 fully saturated rings. The van der Waals surface area contributed by atoms with Crippen molar-refractivity contribution in [2.45, 2.75) is 43.9 Å². The molecule has 1 N–H and O–H groups in total. The highest BCUT2D eigenvalue weighted by Gasteiger charge is 2.51. The van der Waals surface area contributed by atoms with Gasteiger partial charge in [-0.25, -0.2) is 0 Å². The molecule has 140 valence electrons. The minimum atomic E-state index is 0.301. The maximum Gasteiger partial charge on any atom is 0.124 e. The molecule has 27 heavy (non-hydrogen) atoms. The maximum atomic E-state index is 10.4. The van der Waals surface area contributed by atoms with Gasteiger partial charge in [0.2, 0.25) is 0 Å². The molecule has 3 heteroatoms. The summed E-state index contributed by atoms with van der Waals surface area (Å²) in [4.78, 5) is 4.57. The van der Waals surface area contributed by atoms with Crippen molar-refractivity contribution in [3.63, 3.8) is 0 Å². The van der Waals surface area contributed by atoms with Crippen LogP contribution in [0.15, 0.2) is 47.5 Å². The maximum absolute atomic E-state index is 10.4. The van der Waals surface area contributed by atoms with E-state index in [1.54, 1.807) is 13.3 Å². The summed E-state index contributed by atoms with van der Waals surface area (Å²) in [6.07, 6.45) is 10.1. The number of hydrogen-bond acceptors (Lipinski definition) is 3. The number of aromatic hydroxyl groups is 1. The lowest BCUT2D eigenvalue weighted by atomic mass is 9.48. The van der Waals surface area contributed by atoms with Crippen LogP contribution in [0.3, 0.4) is 0 Å². The topological polar surface area (TPSA) is 41.8 Å². The van der Waals surface area contributed by atoms with E-state index in [4.69, 9.17) is 4.74 Å². The van der Waals surface area contributed by atoms with Gasteiger partial charge in [0, 0.05) is 17.8 Å². The van der Waals surface area contributed by atoms with Crippen molar-refractivity contribution in [1.82, 2.24) is 0 Å². The number of benzene rings is 2. The summed E-state index contributed by atoms with van der Waals surface area (Å²) >= 11 is 0. The smallest absolute Gasteiger partial charge is 0.124 e. The highest BCUT2D eigenvalue weighted by atomic mass is 16.5. The number of ether oxygens (including phenoxy) is 1. The first-order valence-electron chi connectivity index (χ1n) is 10.2. The lowest BCUT2D eigenvalue weighted by Crippen LogP contribution is -2.48. The molecule has 0 radical (unpaired) electrons. The zero-order chi connectivity index (χ0) is 18.4. The molecule has 0 atom stereocenters. The van der Waals surface area contributed by atoms with Gasteiger partial charge in [-0.3, -0.25) is 4.99 Å². The lowest BCUT2D eigenvalue weighted by molar-refractivity contribution is -0.00520. The van der Waals surface area contributed by atoms with Gasteiger partial charge in [-0.15, -0.1) is 0 Å². The second-order valence-corrected chi connectivity index (χ2v) is 8.93. The third-order valence-corrected chi connectivity index (χ3v) is 7.08. The largest absolute Gasteiger partial charge is 0.507 e. The fraction of sp³-hybridized carbons (Fsp3) is 0.458. The lowest BCUT2D eigenvalue weighted by Gasteiger charge is -2.57. The molecule has 2 aromatic rings. The molecule has 4 aliphatic carbocycles. The van der Waals surface area contributed by atoms with Gasteiger partial charge in [0.25, 0.3) is 0 Å². The van der Waals surface area contributed by atoms with Crippen LogP contribution in [0.25, 0.3) is 0 Å². The summed E-state index contributed by atoms with van der Waals surface area (Å²) in [5, 5.41) is 10.4. The Morgan fingerprint density at radius 3 is 2.37 bits per heavy atom. The summed E-state index contributed by atoms with van der Waals surface area (Å²) in [7, 11) is 1.66. The molecule has 2 aromatic carbocycles. The van der Waals surface area contributed by atoms with Crippen molar-refractivity contribution < 1.29 is 9.84 Å². The Morgan fingerprint density at radius 1 is 1.00 bits per heavy atom. The predicted molar refractivity (Wildman–Crippen MR) is 108 cm³/mol. The molecule has 0 spiro atoms. The molecule has 0 unspecified atom stereocenters. The van der Waals surface area contributed by atoms with Crippen molar-refractivity contribution >= 4 is 11.9 Å². The third-order valence-electron chi connectivity index (χ3n) is 7.08. The van der Waals surface area contributed by atoms with E-state index < -0.39 is 0 Å². The summed E-state index contributed by atoms with van der Waals surface area (Å²) < 4.78 is 5.26. The molecule has 0 amide bonds.